The molecule has 0 saturated carbocycles. The van der Waals surface area contributed by atoms with Crippen LogP contribution in [0.25, 0.3) is 11.3 Å². The zero-order chi connectivity index (χ0) is 9.97. The number of aromatic nitrogens is 1. The Balaban J connectivity index is 2.55. The van der Waals surface area contributed by atoms with Gasteiger partial charge in [-0.25, -0.2) is 4.98 Å². The van der Waals surface area contributed by atoms with Crippen molar-refractivity contribution < 1.29 is 4.79 Å². The van der Waals surface area contributed by atoms with E-state index in [1.54, 1.807) is 6.07 Å². The average molecular weight is 204 g/mol. The molecule has 0 unspecified atom stereocenters. The first-order valence-corrected chi connectivity index (χ1v) is 4.95. The molecule has 0 aliphatic heterocycles. The third kappa shape index (κ3) is 1.52. The molecule has 0 aliphatic rings. The lowest BCUT2D eigenvalue weighted by Crippen LogP contribution is -1.88. The molecule has 14 heavy (non-hydrogen) atoms. The van der Waals surface area contributed by atoms with E-state index in [0.29, 0.717) is 10.7 Å². The van der Waals surface area contributed by atoms with Crippen LogP contribution in [-0.4, -0.2) is 11.3 Å². The minimum atomic E-state index is 0.515. The number of thiazole rings is 1. The van der Waals surface area contributed by atoms with Gasteiger partial charge in [-0.1, -0.05) is 24.3 Å². The van der Waals surface area contributed by atoms with Gasteiger partial charge in [0.15, 0.2) is 11.4 Å². The van der Waals surface area contributed by atoms with Crippen molar-refractivity contribution in [3.05, 3.63) is 35.2 Å². The summed E-state index contributed by atoms with van der Waals surface area (Å²) in [6, 6.07) is 7.32. The van der Waals surface area contributed by atoms with Gasteiger partial charge >= 0.3 is 0 Å². The van der Waals surface area contributed by atoms with Crippen LogP contribution in [0.2, 0.25) is 0 Å². The predicted octanol–water partition coefficient (Wildman–Crippen LogP) is 2.20. The molecule has 4 heteroatoms. The quantitative estimate of drug-likeness (QED) is 0.763. The van der Waals surface area contributed by atoms with Crippen LogP contribution in [0.5, 0.6) is 0 Å². The van der Waals surface area contributed by atoms with Crippen molar-refractivity contribution in [1.82, 2.24) is 4.98 Å². The lowest BCUT2D eigenvalue weighted by Gasteiger charge is -1.99. The summed E-state index contributed by atoms with van der Waals surface area (Å²) in [5, 5.41) is 2.36. The molecular formula is C10H8N2OS. The normalized spacial score (nSPS) is 10.0. The van der Waals surface area contributed by atoms with Gasteiger partial charge in [-0.3, -0.25) is 4.79 Å². The highest BCUT2D eigenvalue weighted by molar-refractivity contribution is 7.13. The van der Waals surface area contributed by atoms with E-state index < -0.39 is 0 Å². The van der Waals surface area contributed by atoms with Crippen molar-refractivity contribution in [2.75, 3.05) is 5.73 Å². The molecule has 0 aliphatic carbocycles. The fraction of sp³-hybridized carbons (Fsp3) is 0. The maximum Gasteiger partial charge on any atom is 0.180 e. The smallest absolute Gasteiger partial charge is 0.180 e. The van der Waals surface area contributed by atoms with E-state index in [4.69, 9.17) is 5.73 Å². The monoisotopic (exact) mass is 204 g/mol. The molecule has 0 bridgehead atoms. The van der Waals surface area contributed by atoms with Crippen molar-refractivity contribution in [3.8, 4) is 11.3 Å². The number of aldehydes is 1. The standard InChI is InChI=1S/C10H8N2OS/c11-10-12-9(6-14-10)8-4-2-1-3-7(8)5-13/h1-6H,(H2,11,12). The fourth-order valence-corrected chi connectivity index (χ4v) is 1.81. The van der Waals surface area contributed by atoms with Crippen LogP contribution in [0.15, 0.2) is 29.6 Å². The Morgan fingerprint density at radius 2 is 2.14 bits per heavy atom. The van der Waals surface area contributed by atoms with Crippen LogP contribution in [0.1, 0.15) is 10.4 Å². The Morgan fingerprint density at radius 3 is 2.79 bits per heavy atom. The lowest BCUT2D eigenvalue weighted by atomic mass is 10.1. The van der Waals surface area contributed by atoms with Crippen molar-refractivity contribution in [2.24, 2.45) is 0 Å². The Hall–Kier alpha value is -1.68. The number of carbonyl (C=O) groups is 1. The van der Waals surface area contributed by atoms with Gasteiger partial charge in [0.2, 0.25) is 0 Å². The fourth-order valence-electron chi connectivity index (χ4n) is 1.24. The van der Waals surface area contributed by atoms with Gasteiger partial charge in [-0.2, -0.15) is 0 Å². The number of hydrogen-bond acceptors (Lipinski definition) is 4. The van der Waals surface area contributed by atoms with Gasteiger partial charge in [0.1, 0.15) is 0 Å². The number of rotatable bonds is 2. The summed E-state index contributed by atoms with van der Waals surface area (Å²) in [6.07, 6.45) is 0.824. The van der Waals surface area contributed by atoms with Crippen LogP contribution in [0.3, 0.4) is 0 Å². The molecule has 0 radical (unpaired) electrons. The SMILES string of the molecule is Nc1nc(-c2ccccc2C=O)cs1. The van der Waals surface area contributed by atoms with Crippen LogP contribution >= 0.6 is 11.3 Å². The highest BCUT2D eigenvalue weighted by Crippen LogP contribution is 2.25. The molecule has 0 amide bonds. The summed E-state index contributed by atoms with van der Waals surface area (Å²) in [5.41, 5.74) is 7.75. The van der Waals surface area contributed by atoms with E-state index in [1.807, 2.05) is 23.6 Å². The minimum Gasteiger partial charge on any atom is -0.375 e. The van der Waals surface area contributed by atoms with Crippen LogP contribution in [0, 0.1) is 0 Å². The number of carbonyl (C=O) groups excluding carboxylic acids is 1. The topological polar surface area (TPSA) is 56.0 Å². The molecular weight excluding hydrogens is 196 g/mol. The maximum atomic E-state index is 10.8. The minimum absolute atomic E-state index is 0.515. The van der Waals surface area contributed by atoms with Gasteiger partial charge in [-0.15, -0.1) is 11.3 Å². The van der Waals surface area contributed by atoms with Gasteiger partial charge < -0.3 is 5.73 Å². The number of hydrogen-bond donors (Lipinski definition) is 1. The molecule has 70 valence electrons. The number of benzene rings is 1. The molecule has 1 aromatic carbocycles. The second-order valence-corrected chi connectivity index (χ2v) is 3.67. The summed E-state index contributed by atoms with van der Waals surface area (Å²) < 4.78 is 0. The van der Waals surface area contributed by atoms with Crippen LogP contribution < -0.4 is 5.73 Å². The summed E-state index contributed by atoms with van der Waals surface area (Å²) in [4.78, 5) is 14.9. The molecule has 1 heterocycles. The first kappa shape index (κ1) is 8.90. The molecule has 2 rings (SSSR count). The maximum absolute atomic E-state index is 10.8. The second-order valence-electron chi connectivity index (χ2n) is 2.78. The number of nitrogen functional groups attached to an aromatic ring is 1. The number of nitrogens with zero attached hydrogens (tertiary/aromatic N) is 1. The van der Waals surface area contributed by atoms with Gasteiger partial charge in [-0.05, 0) is 0 Å². The van der Waals surface area contributed by atoms with Gasteiger partial charge in [0, 0.05) is 16.5 Å². The zero-order valence-corrected chi connectivity index (χ0v) is 8.12. The van der Waals surface area contributed by atoms with Gasteiger partial charge in [0.05, 0.1) is 5.69 Å². The summed E-state index contributed by atoms with van der Waals surface area (Å²) in [6.45, 7) is 0. The summed E-state index contributed by atoms with van der Waals surface area (Å²) >= 11 is 1.37. The lowest BCUT2D eigenvalue weighted by molar-refractivity contribution is 0.112. The third-order valence-corrected chi connectivity index (χ3v) is 2.56. The second kappa shape index (κ2) is 3.59. The van der Waals surface area contributed by atoms with Crippen LogP contribution in [-0.2, 0) is 0 Å². The summed E-state index contributed by atoms with van der Waals surface area (Å²) in [5.74, 6) is 0. The Labute approximate surface area is 85.2 Å². The molecule has 0 fully saturated rings. The third-order valence-electron chi connectivity index (χ3n) is 1.89. The highest BCUT2D eigenvalue weighted by Gasteiger charge is 2.06. The van der Waals surface area contributed by atoms with Crippen molar-refractivity contribution >= 4 is 22.8 Å². The van der Waals surface area contributed by atoms with Crippen molar-refractivity contribution in [1.29, 1.82) is 0 Å². The van der Waals surface area contributed by atoms with E-state index >= 15 is 0 Å². The van der Waals surface area contributed by atoms with Crippen molar-refractivity contribution in [3.63, 3.8) is 0 Å². The predicted molar refractivity (Wildman–Crippen MR) is 57.3 cm³/mol. The largest absolute Gasteiger partial charge is 0.375 e. The van der Waals surface area contributed by atoms with E-state index in [0.717, 1.165) is 17.5 Å². The van der Waals surface area contributed by atoms with E-state index in [2.05, 4.69) is 4.98 Å². The molecule has 1 aromatic heterocycles. The highest BCUT2D eigenvalue weighted by atomic mass is 32.1. The molecule has 2 aromatic rings. The number of anilines is 1. The molecule has 3 nitrogen and oxygen atoms in total. The Kier molecular flexibility index (Phi) is 2.28. The van der Waals surface area contributed by atoms with Crippen molar-refractivity contribution in [2.45, 2.75) is 0 Å². The van der Waals surface area contributed by atoms with Crippen LogP contribution in [0.4, 0.5) is 5.13 Å². The van der Waals surface area contributed by atoms with Gasteiger partial charge in [0.25, 0.3) is 0 Å². The summed E-state index contributed by atoms with van der Waals surface area (Å²) in [7, 11) is 0. The first-order chi connectivity index (χ1) is 6.81. The van der Waals surface area contributed by atoms with E-state index in [1.165, 1.54) is 11.3 Å². The Bertz CT molecular complexity index is 465. The Morgan fingerprint density at radius 1 is 1.36 bits per heavy atom. The van der Waals surface area contributed by atoms with E-state index in [9.17, 15) is 4.79 Å². The molecule has 0 atom stereocenters. The van der Waals surface area contributed by atoms with E-state index in [-0.39, 0.29) is 0 Å². The first-order valence-electron chi connectivity index (χ1n) is 4.07. The molecule has 2 N–H and O–H groups in total. The number of nitrogens with two attached hydrogens (primary N) is 1. The average Bonchev–Trinajstić information content (AvgIpc) is 2.65. The molecule has 0 spiro atoms. The molecule has 0 saturated heterocycles. The zero-order valence-electron chi connectivity index (χ0n) is 7.31.